The van der Waals surface area contributed by atoms with Crippen LogP contribution in [0.25, 0.3) is 0 Å². The van der Waals surface area contributed by atoms with Crippen molar-refractivity contribution in [1.82, 2.24) is 0 Å². The Morgan fingerprint density at radius 1 is 0.903 bits per heavy atom. The summed E-state index contributed by atoms with van der Waals surface area (Å²) in [5.41, 5.74) is 3.54. The van der Waals surface area contributed by atoms with Gasteiger partial charge in [-0.25, -0.2) is 4.90 Å². The van der Waals surface area contributed by atoms with Gasteiger partial charge in [-0.3, -0.25) is 9.59 Å². The molecule has 7 rings (SSSR count). The molecule has 31 heavy (non-hydrogen) atoms. The first-order valence-corrected chi connectivity index (χ1v) is 10.4. The number of aliphatic hydroxyl groups excluding tert-OH is 1. The van der Waals surface area contributed by atoms with Gasteiger partial charge < -0.3 is 9.84 Å². The smallest absolute Gasteiger partial charge is 0.239 e. The number of carbonyl (C=O) groups is 2. The molecule has 0 aromatic heterocycles. The van der Waals surface area contributed by atoms with E-state index in [4.69, 9.17) is 4.74 Å². The van der Waals surface area contributed by atoms with E-state index in [0.717, 1.165) is 22.3 Å². The largest absolute Gasteiger partial charge is 0.497 e. The summed E-state index contributed by atoms with van der Waals surface area (Å²) in [4.78, 5) is 29.0. The molecule has 1 N–H and O–H groups in total. The van der Waals surface area contributed by atoms with Gasteiger partial charge >= 0.3 is 0 Å². The number of amides is 2. The molecule has 4 aliphatic rings. The lowest BCUT2D eigenvalue weighted by Gasteiger charge is -2.53. The monoisotopic (exact) mass is 411 g/mol. The number of ether oxygens (including phenoxy) is 1. The topological polar surface area (TPSA) is 66.8 Å². The van der Waals surface area contributed by atoms with Crippen molar-refractivity contribution in [1.29, 1.82) is 0 Å². The molecule has 2 amide bonds. The molecule has 1 heterocycles. The van der Waals surface area contributed by atoms with Crippen molar-refractivity contribution in [2.24, 2.45) is 11.8 Å². The van der Waals surface area contributed by atoms with Crippen LogP contribution >= 0.6 is 0 Å². The summed E-state index contributed by atoms with van der Waals surface area (Å²) < 4.78 is 5.31. The van der Waals surface area contributed by atoms with Crippen molar-refractivity contribution >= 4 is 17.5 Å². The number of rotatable bonds is 3. The molecule has 1 fully saturated rings. The third-order valence-corrected chi connectivity index (χ3v) is 7.35. The number of carbonyl (C=O) groups excluding carboxylic acids is 2. The van der Waals surface area contributed by atoms with Crippen molar-refractivity contribution < 1.29 is 19.4 Å². The van der Waals surface area contributed by atoms with Crippen molar-refractivity contribution in [3.05, 3.63) is 95.1 Å². The maximum atomic E-state index is 13.9. The SMILES string of the molecule is COc1cccc(N2C(=O)[C@@H]3[C@@H](C2=O)C2c4ccccc4C3(CO)c3ccccc32)c1. The van der Waals surface area contributed by atoms with E-state index in [0.29, 0.717) is 11.4 Å². The molecule has 5 heteroatoms. The molecular formula is C26H21NO4. The van der Waals surface area contributed by atoms with Crippen molar-refractivity contribution in [3.8, 4) is 5.75 Å². The standard InChI is InChI=1S/C26H21NO4/c1-31-16-8-6-7-15(13-16)27-24(29)22-21-17-9-2-4-11-19(17)26(14-28,23(22)25(27)30)20-12-5-3-10-18(20)21/h2-13,21-23,28H,14H2,1H3/t21?,22-,23-,26?/m0/s1. The Kier molecular flexibility index (Phi) is 3.72. The zero-order valence-corrected chi connectivity index (χ0v) is 17.0. The lowest BCUT2D eigenvalue weighted by Crippen LogP contribution is -2.55. The van der Waals surface area contributed by atoms with Crippen LogP contribution in [0, 0.1) is 11.8 Å². The van der Waals surface area contributed by atoms with Crippen LogP contribution in [-0.2, 0) is 15.0 Å². The highest BCUT2D eigenvalue weighted by Gasteiger charge is 2.68. The molecule has 1 aliphatic heterocycles. The fourth-order valence-corrected chi connectivity index (χ4v) is 6.20. The molecule has 0 spiro atoms. The fourth-order valence-electron chi connectivity index (χ4n) is 6.20. The summed E-state index contributed by atoms with van der Waals surface area (Å²) in [6.45, 7) is -0.236. The molecular weight excluding hydrogens is 390 g/mol. The van der Waals surface area contributed by atoms with Crippen LogP contribution in [0.2, 0.25) is 0 Å². The number of imide groups is 1. The van der Waals surface area contributed by atoms with Crippen molar-refractivity contribution in [2.45, 2.75) is 11.3 Å². The van der Waals surface area contributed by atoms with E-state index in [1.54, 1.807) is 31.4 Å². The lowest BCUT2D eigenvalue weighted by molar-refractivity contribution is -0.124. The highest BCUT2D eigenvalue weighted by Crippen LogP contribution is 2.64. The van der Waals surface area contributed by atoms with Crippen LogP contribution in [0.4, 0.5) is 5.69 Å². The second-order valence-corrected chi connectivity index (χ2v) is 8.50. The van der Waals surface area contributed by atoms with Gasteiger partial charge in [-0.2, -0.15) is 0 Å². The van der Waals surface area contributed by atoms with Crippen LogP contribution in [0.5, 0.6) is 5.75 Å². The average molecular weight is 411 g/mol. The molecule has 0 saturated carbocycles. The molecule has 3 aromatic carbocycles. The van der Waals surface area contributed by atoms with Gasteiger partial charge in [-0.15, -0.1) is 0 Å². The van der Waals surface area contributed by atoms with Crippen LogP contribution in [0.3, 0.4) is 0 Å². The van der Waals surface area contributed by atoms with Gasteiger partial charge in [0, 0.05) is 12.0 Å². The van der Waals surface area contributed by atoms with Gasteiger partial charge in [-0.1, -0.05) is 54.6 Å². The molecule has 0 unspecified atom stereocenters. The molecule has 2 atom stereocenters. The summed E-state index contributed by atoms with van der Waals surface area (Å²) in [6.07, 6.45) is 0. The Balaban J connectivity index is 1.62. The quantitative estimate of drug-likeness (QED) is 0.672. The minimum absolute atomic E-state index is 0.210. The van der Waals surface area contributed by atoms with Crippen LogP contribution in [0.1, 0.15) is 28.2 Å². The molecule has 1 saturated heterocycles. The predicted octanol–water partition coefficient (Wildman–Crippen LogP) is 3.24. The summed E-state index contributed by atoms with van der Waals surface area (Å²) in [6, 6.07) is 22.9. The molecule has 3 aromatic rings. The van der Waals surface area contributed by atoms with Gasteiger partial charge in [-0.05, 0) is 34.4 Å². The maximum absolute atomic E-state index is 13.9. The minimum Gasteiger partial charge on any atom is -0.497 e. The number of methoxy groups -OCH3 is 1. The van der Waals surface area contributed by atoms with E-state index in [-0.39, 0.29) is 24.3 Å². The van der Waals surface area contributed by atoms with Gasteiger partial charge in [0.15, 0.2) is 0 Å². The second kappa shape index (κ2) is 6.28. The van der Waals surface area contributed by atoms with Gasteiger partial charge in [0.05, 0.1) is 36.7 Å². The molecule has 2 bridgehead atoms. The van der Waals surface area contributed by atoms with Crippen LogP contribution in [-0.4, -0.2) is 30.6 Å². The molecule has 5 nitrogen and oxygen atoms in total. The molecule has 154 valence electrons. The van der Waals surface area contributed by atoms with E-state index in [1.165, 1.54) is 4.90 Å². The van der Waals surface area contributed by atoms with Crippen molar-refractivity contribution in [2.75, 3.05) is 18.6 Å². The predicted molar refractivity (Wildman–Crippen MR) is 115 cm³/mol. The maximum Gasteiger partial charge on any atom is 0.239 e. The Morgan fingerprint density at radius 3 is 2.16 bits per heavy atom. The van der Waals surface area contributed by atoms with Crippen molar-refractivity contribution in [3.63, 3.8) is 0 Å². The highest BCUT2D eigenvalue weighted by atomic mass is 16.5. The molecule has 3 aliphatic carbocycles. The Bertz CT molecular complexity index is 1200. The summed E-state index contributed by atoms with van der Waals surface area (Å²) in [5.74, 6) is -1.29. The first kappa shape index (κ1) is 18.3. The average Bonchev–Trinajstić information content (AvgIpc) is 3.10. The third-order valence-electron chi connectivity index (χ3n) is 7.35. The lowest BCUT2D eigenvalue weighted by atomic mass is 9.47. The number of hydrogen-bond acceptors (Lipinski definition) is 4. The fraction of sp³-hybridized carbons (Fsp3) is 0.231. The van der Waals surface area contributed by atoms with Gasteiger partial charge in [0.1, 0.15) is 5.75 Å². The third kappa shape index (κ3) is 2.09. The second-order valence-electron chi connectivity index (χ2n) is 8.50. The van der Waals surface area contributed by atoms with Gasteiger partial charge in [0.2, 0.25) is 11.8 Å². The van der Waals surface area contributed by atoms with Gasteiger partial charge in [0.25, 0.3) is 0 Å². The zero-order chi connectivity index (χ0) is 21.3. The number of hydrogen-bond donors (Lipinski definition) is 1. The van der Waals surface area contributed by atoms with E-state index < -0.39 is 17.3 Å². The first-order chi connectivity index (χ1) is 15.1. The number of anilines is 1. The summed E-state index contributed by atoms with van der Waals surface area (Å²) >= 11 is 0. The Hall–Kier alpha value is -3.44. The number of aliphatic hydroxyl groups is 1. The van der Waals surface area contributed by atoms with Crippen LogP contribution < -0.4 is 9.64 Å². The summed E-state index contributed by atoms with van der Waals surface area (Å²) in [7, 11) is 1.56. The Morgan fingerprint density at radius 2 is 1.55 bits per heavy atom. The number of benzene rings is 3. The minimum atomic E-state index is -0.938. The normalized spacial score (nSPS) is 27.7. The number of nitrogens with zero attached hydrogens (tertiary/aromatic N) is 1. The first-order valence-electron chi connectivity index (χ1n) is 10.4. The Labute approximate surface area is 179 Å². The van der Waals surface area contributed by atoms with Crippen LogP contribution in [0.15, 0.2) is 72.8 Å². The van der Waals surface area contributed by atoms with E-state index in [9.17, 15) is 14.7 Å². The van der Waals surface area contributed by atoms with E-state index in [1.807, 2.05) is 48.5 Å². The van der Waals surface area contributed by atoms with E-state index in [2.05, 4.69) is 0 Å². The summed E-state index contributed by atoms with van der Waals surface area (Å²) in [5, 5.41) is 10.8. The van der Waals surface area contributed by atoms with E-state index >= 15 is 0 Å². The zero-order valence-electron chi connectivity index (χ0n) is 17.0. The molecule has 0 radical (unpaired) electrons. The highest BCUT2D eigenvalue weighted by molar-refractivity contribution is 6.23.